The Balaban J connectivity index is 2.84. The fraction of sp³-hybridized carbons (Fsp3) is 0.583. The van der Waals surface area contributed by atoms with Crippen molar-refractivity contribution in [2.75, 3.05) is 7.11 Å². The number of nitrogens with zero attached hydrogens (tertiary/aromatic N) is 1. The highest BCUT2D eigenvalue weighted by atomic mass is 16.5. The second-order valence-corrected chi connectivity index (χ2v) is 3.91. The van der Waals surface area contributed by atoms with Crippen LogP contribution in [0.3, 0.4) is 0 Å². The van der Waals surface area contributed by atoms with Crippen LogP contribution in [0.5, 0.6) is 5.75 Å². The Hall–Kier alpha value is -1.09. The van der Waals surface area contributed by atoms with Crippen molar-refractivity contribution in [2.45, 2.75) is 32.7 Å². The molecule has 1 heterocycles. The van der Waals surface area contributed by atoms with E-state index in [1.807, 2.05) is 6.07 Å². The lowest BCUT2D eigenvalue weighted by Gasteiger charge is -2.21. The average molecular weight is 208 g/mol. The monoisotopic (exact) mass is 208 g/mol. The van der Waals surface area contributed by atoms with Crippen LogP contribution in [-0.4, -0.2) is 12.1 Å². The first-order chi connectivity index (χ1) is 7.20. The van der Waals surface area contributed by atoms with Gasteiger partial charge in [-0.2, -0.15) is 0 Å². The van der Waals surface area contributed by atoms with E-state index in [9.17, 15) is 0 Å². The molecule has 0 amide bonds. The third kappa shape index (κ3) is 2.93. The van der Waals surface area contributed by atoms with E-state index in [2.05, 4.69) is 18.8 Å². The summed E-state index contributed by atoms with van der Waals surface area (Å²) in [5.41, 5.74) is 7.24. The summed E-state index contributed by atoms with van der Waals surface area (Å²) in [5, 5.41) is 0. The Kier molecular flexibility index (Phi) is 4.56. The largest absolute Gasteiger partial charge is 0.495 e. The SMILES string of the molecule is CCCC(C)C(N)c1ccncc1OC. The Morgan fingerprint density at radius 2 is 2.27 bits per heavy atom. The van der Waals surface area contributed by atoms with Gasteiger partial charge in [-0.1, -0.05) is 20.3 Å². The zero-order valence-electron chi connectivity index (χ0n) is 9.73. The normalized spacial score (nSPS) is 14.7. The molecule has 1 rings (SSSR count). The number of aromatic nitrogens is 1. The summed E-state index contributed by atoms with van der Waals surface area (Å²) in [7, 11) is 1.65. The topological polar surface area (TPSA) is 48.1 Å². The van der Waals surface area contributed by atoms with Gasteiger partial charge in [0.05, 0.1) is 13.3 Å². The number of nitrogens with two attached hydrogens (primary N) is 1. The van der Waals surface area contributed by atoms with Crippen molar-refractivity contribution < 1.29 is 4.74 Å². The third-order valence-corrected chi connectivity index (χ3v) is 2.75. The van der Waals surface area contributed by atoms with Crippen LogP contribution in [0.25, 0.3) is 0 Å². The highest BCUT2D eigenvalue weighted by Crippen LogP contribution is 2.29. The van der Waals surface area contributed by atoms with Crippen LogP contribution in [-0.2, 0) is 0 Å². The molecule has 0 saturated carbocycles. The van der Waals surface area contributed by atoms with Crippen LogP contribution in [0.1, 0.15) is 38.3 Å². The second kappa shape index (κ2) is 5.71. The molecular weight excluding hydrogens is 188 g/mol. The fourth-order valence-electron chi connectivity index (χ4n) is 1.78. The lowest BCUT2D eigenvalue weighted by Crippen LogP contribution is -2.19. The van der Waals surface area contributed by atoms with Crippen molar-refractivity contribution in [3.63, 3.8) is 0 Å². The van der Waals surface area contributed by atoms with Gasteiger partial charge in [0.15, 0.2) is 0 Å². The lowest BCUT2D eigenvalue weighted by atomic mass is 9.92. The Morgan fingerprint density at radius 3 is 2.87 bits per heavy atom. The van der Waals surface area contributed by atoms with E-state index in [1.165, 1.54) is 0 Å². The number of hydrogen-bond donors (Lipinski definition) is 1. The number of ether oxygens (including phenoxy) is 1. The van der Waals surface area contributed by atoms with E-state index in [0.29, 0.717) is 5.92 Å². The van der Waals surface area contributed by atoms with Crippen LogP contribution in [0.15, 0.2) is 18.5 Å². The van der Waals surface area contributed by atoms with Crippen LogP contribution in [0.4, 0.5) is 0 Å². The van der Waals surface area contributed by atoms with E-state index in [0.717, 1.165) is 24.2 Å². The molecule has 2 N–H and O–H groups in total. The quantitative estimate of drug-likeness (QED) is 0.808. The zero-order valence-corrected chi connectivity index (χ0v) is 9.73. The lowest BCUT2D eigenvalue weighted by molar-refractivity contribution is 0.381. The van der Waals surface area contributed by atoms with Crippen molar-refractivity contribution in [3.8, 4) is 5.75 Å². The molecule has 2 atom stereocenters. The Bertz CT molecular complexity index is 301. The van der Waals surface area contributed by atoms with Gasteiger partial charge in [0.25, 0.3) is 0 Å². The fourth-order valence-corrected chi connectivity index (χ4v) is 1.78. The minimum Gasteiger partial charge on any atom is -0.495 e. The van der Waals surface area contributed by atoms with Gasteiger partial charge in [-0.05, 0) is 18.4 Å². The zero-order chi connectivity index (χ0) is 11.3. The average Bonchev–Trinajstić information content (AvgIpc) is 2.28. The summed E-state index contributed by atoms with van der Waals surface area (Å²) in [5.74, 6) is 1.25. The molecule has 1 aromatic heterocycles. The molecule has 3 nitrogen and oxygen atoms in total. The summed E-state index contributed by atoms with van der Waals surface area (Å²) >= 11 is 0. The van der Waals surface area contributed by atoms with Crippen LogP contribution >= 0.6 is 0 Å². The molecule has 0 aliphatic heterocycles. The molecule has 2 unspecified atom stereocenters. The summed E-state index contributed by atoms with van der Waals surface area (Å²) in [6.07, 6.45) is 5.76. The minimum absolute atomic E-state index is 0.0305. The van der Waals surface area contributed by atoms with Gasteiger partial charge in [0.2, 0.25) is 0 Å². The molecule has 0 fully saturated rings. The van der Waals surface area contributed by atoms with E-state index in [1.54, 1.807) is 19.5 Å². The molecular formula is C12H20N2O. The maximum Gasteiger partial charge on any atom is 0.141 e. The van der Waals surface area contributed by atoms with Crippen molar-refractivity contribution in [1.82, 2.24) is 4.98 Å². The van der Waals surface area contributed by atoms with Crippen LogP contribution in [0.2, 0.25) is 0 Å². The molecule has 0 bridgehead atoms. The molecule has 0 saturated heterocycles. The Labute approximate surface area is 91.7 Å². The van der Waals surface area contributed by atoms with Crippen LogP contribution in [0, 0.1) is 5.92 Å². The molecule has 0 spiro atoms. The first kappa shape index (κ1) is 12.0. The van der Waals surface area contributed by atoms with E-state index in [4.69, 9.17) is 10.5 Å². The second-order valence-electron chi connectivity index (χ2n) is 3.91. The van der Waals surface area contributed by atoms with E-state index in [-0.39, 0.29) is 6.04 Å². The molecule has 0 aromatic carbocycles. The molecule has 0 aliphatic carbocycles. The first-order valence-electron chi connectivity index (χ1n) is 5.44. The van der Waals surface area contributed by atoms with Gasteiger partial charge in [-0.15, -0.1) is 0 Å². The van der Waals surface area contributed by atoms with Gasteiger partial charge in [-0.25, -0.2) is 0 Å². The van der Waals surface area contributed by atoms with E-state index >= 15 is 0 Å². The van der Waals surface area contributed by atoms with Crippen molar-refractivity contribution >= 4 is 0 Å². The molecule has 0 aliphatic rings. The van der Waals surface area contributed by atoms with Crippen LogP contribution < -0.4 is 10.5 Å². The Morgan fingerprint density at radius 1 is 1.53 bits per heavy atom. The number of rotatable bonds is 5. The maximum absolute atomic E-state index is 6.19. The van der Waals surface area contributed by atoms with Gasteiger partial charge < -0.3 is 10.5 Å². The highest BCUT2D eigenvalue weighted by molar-refractivity contribution is 5.32. The van der Waals surface area contributed by atoms with Crippen molar-refractivity contribution in [2.24, 2.45) is 11.7 Å². The van der Waals surface area contributed by atoms with Gasteiger partial charge in [0, 0.05) is 17.8 Å². The van der Waals surface area contributed by atoms with Gasteiger partial charge in [0.1, 0.15) is 5.75 Å². The molecule has 84 valence electrons. The summed E-state index contributed by atoms with van der Waals surface area (Å²) in [6, 6.07) is 1.97. The van der Waals surface area contributed by atoms with Gasteiger partial charge >= 0.3 is 0 Å². The standard InChI is InChI=1S/C12H20N2O/c1-4-5-9(2)12(13)10-6-7-14-8-11(10)15-3/h6-9,12H,4-5,13H2,1-3H3. The number of methoxy groups -OCH3 is 1. The summed E-state index contributed by atoms with van der Waals surface area (Å²) in [4.78, 5) is 4.02. The molecule has 15 heavy (non-hydrogen) atoms. The van der Waals surface area contributed by atoms with E-state index < -0.39 is 0 Å². The number of hydrogen-bond acceptors (Lipinski definition) is 3. The highest BCUT2D eigenvalue weighted by Gasteiger charge is 2.17. The predicted octanol–water partition coefficient (Wildman–Crippen LogP) is 2.53. The van der Waals surface area contributed by atoms with Crippen molar-refractivity contribution in [3.05, 3.63) is 24.0 Å². The molecule has 0 radical (unpaired) electrons. The predicted molar refractivity (Wildman–Crippen MR) is 61.8 cm³/mol. The first-order valence-corrected chi connectivity index (χ1v) is 5.44. The molecule has 1 aromatic rings. The number of pyridine rings is 1. The summed E-state index contributed by atoms with van der Waals surface area (Å²) in [6.45, 7) is 4.35. The molecule has 3 heteroatoms. The van der Waals surface area contributed by atoms with Crippen molar-refractivity contribution in [1.29, 1.82) is 0 Å². The summed E-state index contributed by atoms with van der Waals surface area (Å²) < 4.78 is 5.25. The minimum atomic E-state index is 0.0305. The maximum atomic E-state index is 6.19. The smallest absolute Gasteiger partial charge is 0.141 e. The third-order valence-electron chi connectivity index (χ3n) is 2.75. The van der Waals surface area contributed by atoms with Gasteiger partial charge in [-0.3, -0.25) is 4.98 Å².